The lowest BCUT2D eigenvalue weighted by molar-refractivity contribution is 0.314. The molecule has 0 heterocycles. The van der Waals surface area contributed by atoms with E-state index in [1.165, 1.54) is 38.5 Å². The molecule has 1 aliphatic rings. The quantitative estimate of drug-likeness (QED) is 0.670. The summed E-state index contributed by atoms with van der Waals surface area (Å²) in [4.78, 5) is 0. The molecule has 2 rings (SSSR count). The zero-order valence-electron chi connectivity index (χ0n) is 9.13. The number of hydrogen-bond donors (Lipinski definition) is 0. The Balaban J connectivity index is 2.05. The van der Waals surface area contributed by atoms with Gasteiger partial charge in [0.2, 0.25) is 0 Å². The van der Waals surface area contributed by atoms with Gasteiger partial charge >= 0.3 is 0 Å². The zero-order chi connectivity index (χ0) is 9.80. The maximum absolute atomic E-state index is 2.32. The van der Waals surface area contributed by atoms with Gasteiger partial charge < -0.3 is 0 Å². The molecule has 1 fully saturated rings. The van der Waals surface area contributed by atoms with Crippen LogP contribution in [0.4, 0.5) is 0 Å². The van der Waals surface area contributed by atoms with Crippen LogP contribution in [0.15, 0.2) is 24.3 Å². The predicted octanol–water partition coefficient (Wildman–Crippen LogP) is 3.98. The van der Waals surface area contributed by atoms with Crippen LogP contribution in [0.5, 0.6) is 0 Å². The first-order valence-electron chi connectivity index (χ1n) is 5.97. The van der Waals surface area contributed by atoms with E-state index >= 15 is 0 Å². The van der Waals surface area contributed by atoms with Gasteiger partial charge in [-0.25, -0.2) is 0 Å². The molecule has 14 heavy (non-hydrogen) atoms. The third kappa shape index (κ3) is 2.17. The van der Waals surface area contributed by atoms with Crippen molar-refractivity contribution in [1.82, 2.24) is 0 Å². The second kappa shape index (κ2) is 4.63. The van der Waals surface area contributed by atoms with Crippen molar-refractivity contribution in [2.75, 3.05) is 0 Å². The van der Waals surface area contributed by atoms with Gasteiger partial charge in [0, 0.05) is 0 Å². The lowest BCUT2D eigenvalue weighted by Crippen LogP contribution is -2.14. The minimum atomic E-state index is 0.994. The van der Waals surface area contributed by atoms with E-state index in [2.05, 4.69) is 31.2 Å². The zero-order valence-corrected chi connectivity index (χ0v) is 9.13. The molecule has 0 nitrogen and oxygen atoms in total. The van der Waals surface area contributed by atoms with E-state index in [4.69, 9.17) is 0 Å². The number of rotatable bonds is 4. The molecule has 1 saturated carbocycles. The van der Waals surface area contributed by atoms with Crippen molar-refractivity contribution in [2.24, 2.45) is 5.92 Å². The molecular weight excluding hydrogens is 168 g/mol. The summed E-state index contributed by atoms with van der Waals surface area (Å²) in [7, 11) is 0. The van der Waals surface area contributed by atoms with Crippen molar-refractivity contribution >= 4 is 0 Å². The Kier molecular flexibility index (Phi) is 3.23. The summed E-state index contributed by atoms with van der Waals surface area (Å²) >= 11 is 0. The second-order valence-electron chi connectivity index (χ2n) is 4.52. The first kappa shape index (κ1) is 9.76. The summed E-state index contributed by atoms with van der Waals surface area (Å²) in [5.41, 5.74) is 3.20. The molecule has 0 bridgehead atoms. The molecule has 0 unspecified atom stereocenters. The Morgan fingerprint density at radius 3 is 2.43 bits per heavy atom. The SMILES string of the molecule is CCCc1ccccc1CC1CCC1. The van der Waals surface area contributed by atoms with Gasteiger partial charge in [-0.2, -0.15) is 0 Å². The molecule has 0 spiro atoms. The first-order chi connectivity index (χ1) is 6.90. The lowest BCUT2D eigenvalue weighted by Gasteiger charge is -2.26. The van der Waals surface area contributed by atoms with E-state index in [1.807, 2.05) is 0 Å². The molecule has 0 heteroatoms. The van der Waals surface area contributed by atoms with Crippen molar-refractivity contribution in [1.29, 1.82) is 0 Å². The maximum Gasteiger partial charge on any atom is -0.0248 e. The van der Waals surface area contributed by atoms with Gasteiger partial charge in [0.1, 0.15) is 0 Å². The summed E-state index contributed by atoms with van der Waals surface area (Å²) in [6.07, 6.45) is 8.22. The Morgan fingerprint density at radius 1 is 1.14 bits per heavy atom. The van der Waals surface area contributed by atoms with Crippen molar-refractivity contribution < 1.29 is 0 Å². The van der Waals surface area contributed by atoms with E-state index in [-0.39, 0.29) is 0 Å². The van der Waals surface area contributed by atoms with Crippen LogP contribution in [0.25, 0.3) is 0 Å². The smallest absolute Gasteiger partial charge is 0.0248 e. The first-order valence-corrected chi connectivity index (χ1v) is 5.97. The lowest BCUT2D eigenvalue weighted by atomic mass is 9.80. The molecule has 1 aromatic carbocycles. The Bertz CT molecular complexity index is 284. The fraction of sp³-hybridized carbons (Fsp3) is 0.571. The minimum absolute atomic E-state index is 0.994. The van der Waals surface area contributed by atoms with E-state index in [1.54, 1.807) is 11.1 Å². The fourth-order valence-corrected chi connectivity index (χ4v) is 2.28. The van der Waals surface area contributed by atoms with Crippen LogP contribution in [0, 0.1) is 5.92 Å². The van der Waals surface area contributed by atoms with Crippen molar-refractivity contribution in [3.8, 4) is 0 Å². The van der Waals surface area contributed by atoms with Crippen LogP contribution in [-0.4, -0.2) is 0 Å². The molecule has 0 aromatic heterocycles. The monoisotopic (exact) mass is 188 g/mol. The maximum atomic E-state index is 2.32. The number of benzene rings is 1. The van der Waals surface area contributed by atoms with Crippen molar-refractivity contribution in [3.63, 3.8) is 0 Å². The van der Waals surface area contributed by atoms with Crippen LogP contribution in [-0.2, 0) is 12.8 Å². The normalized spacial score (nSPS) is 16.6. The largest absolute Gasteiger partial charge is 0.0651 e. The Morgan fingerprint density at radius 2 is 1.86 bits per heavy atom. The highest BCUT2D eigenvalue weighted by atomic mass is 14.2. The van der Waals surface area contributed by atoms with Crippen LogP contribution < -0.4 is 0 Å². The average molecular weight is 188 g/mol. The summed E-state index contributed by atoms with van der Waals surface area (Å²) < 4.78 is 0. The van der Waals surface area contributed by atoms with Gasteiger partial charge in [0.25, 0.3) is 0 Å². The molecule has 1 aliphatic carbocycles. The van der Waals surface area contributed by atoms with Crippen LogP contribution >= 0.6 is 0 Å². The molecular formula is C14H20. The molecule has 0 radical (unpaired) electrons. The molecule has 0 amide bonds. The standard InChI is InChI=1S/C14H20/c1-2-6-13-9-3-4-10-14(13)11-12-7-5-8-12/h3-4,9-10,12H,2,5-8,11H2,1H3. The van der Waals surface area contributed by atoms with Gasteiger partial charge in [-0.3, -0.25) is 0 Å². The fourth-order valence-electron chi connectivity index (χ4n) is 2.28. The highest BCUT2D eigenvalue weighted by Crippen LogP contribution is 2.30. The van der Waals surface area contributed by atoms with Crippen LogP contribution in [0.3, 0.4) is 0 Å². The third-order valence-electron chi connectivity index (χ3n) is 3.37. The molecule has 1 aromatic rings. The Hall–Kier alpha value is -0.780. The van der Waals surface area contributed by atoms with E-state index in [9.17, 15) is 0 Å². The molecule has 76 valence electrons. The third-order valence-corrected chi connectivity index (χ3v) is 3.37. The highest BCUT2D eigenvalue weighted by molar-refractivity contribution is 5.27. The van der Waals surface area contributed by atoms with Gasteiger partial charge in [-0.05, 0) is 29.9 Å². The topological polar surface area (TPSA) is 0 Å². The summed E-state index contributed by atoms with van der Waals surface area (Å²) in [5, 5.41) is 0. The van der Waals surface area contributed by atoms with Crippen molar-refractivity contribution in [2.45, 2.75) is 45.4 Å². The number of aryl methyl sites for hydroxylation is 1. The molecule has 0 N–H and O–H groups in total. The second-order valence-corrected chi connectivity index (χ2v) is 4.52. The predicted molar refractivity (Wildman–Crippen MR) is 61.5 cm³/mol. The van der Waals surface area contributed by atoms with E-state index < -0.39 is 0 Å². The summed E-state index contributed by atoms with van der Waals surface area (Å²) in [6.45, 7) is 2.26. The number of hydrogen-bond acceptors (Lipinski definition) is 0. The van der Waals surface area contributed by atoms with Gasteiger partial charge in [-0.1, -0.05) is 56.9 Å². The van der Waals surface area contributed by atoms with Crippen LogP contribution in [0.1, 0.15) is 43.7 Å². The molecule has 0 saturated heterocycles. The van der Waals surface area contributed by atoms with E-state index in [0.717, 1.165) is 5.92 Å². The van der Waals surface area contributed by atoms with Crippen LogP contribution in [0.2, 0.25) is 0 Å². The molecule has 0 aliphatic heterocycles. The van der Waals surface area contributed by atoms with Crippen molar-refractivity contribution in [3.05, 3.63) is 35.4 Å². The summed E-state index contributed by atoms with van der Waals surface area (Å²) in [6, 6.07) is 8.99. The molecule has 0 atom stereocenters. The minimum Gasteiger partial charge on any atom is -0.0651 e. The van der Waals surface area contributed by atoms with Gasteiger partial charge in [-0.15, -0.1) is 0 Å². The Labute approximate surface area is 87.3 Å². The highest BCUT2D eigenvalue weighted by Gasteiger charge is 2.18. The average Bonchev–Trinajstić information content (AvgIpc) is 2.14. The summed E-state index contributed by atoms with van der Waals surface area (Å²) in [5.74, 6) is 0.994. The van der Waals surface area contributed by atoms with Gasteiger partial charge in [0.15, 0.2) is 0 Å². The van der Waals surface area contributed by atoms with Gasteiger partial charge in [0.05, 0.1) is 0 Å². The van der Waals surface area contributed by atoms with E-state index in [0.29, 0.717) is 0 Å².